The van der Waals surface area contributed by atoms with Crippen molar-refractivity contribution in [1.29, 1.82) is 0 Å². The molecular formula is C25H29N9O7. The molecule has 16 nitrogen and oxygen atoms in total. The van der Waals surface area contributed by atoms with Crippen molar-refractivity contribution in [3.63, 3.8) is 0 Å². The number of hydroxylamine groups is 1. The fourth-order valence-corrected chi connectivity index (χ4v) is 3.72. The molecule has 1 unspecified atom stereocenters. The first-order chi connectivity index (χ1) is 19.8. The number of anilines is 1. The number of hydrogen-bond donors (Lipinski definition) is 4. The summed E-state index contributed by atoms with van der Waals surface area (Å²) in [5.74, 6) is -3.14. The lowest BCUT2D eigenvalue weighted by Crippen LogP contribution is -2.27. The van der Waals surface area contributed by atoms with Gasteiger partial charge in [-0.1, -0.05) is 29.4 Å². The van der Waals surface area contributed by atoms with Gasteiger partial charge in [0.2, 0.25) is 11.9 Å². The number of nitrogens with one attached hydrogen (secondary N) is 2. The third-order valence-electron chi connectivity index (χ3n) is 5.85. The second-order valence-corrected chi connectivity index (χ2v) is 8.82. The number of aliphatic carboxylic acids is 1. The second-order valence-electron chi connectivity index (χ2n) is 8.82. The first-order valence-corrected chi connectivity index (χ1v) is 12.6. The minimum absolute atomic E-state index is 0.0381. The van der Waals surface area contributed by atoms with Gasteiger partial charge in [0.05, 0.1) is 37.6 Å². The van der Waals surface area contributed by atoms with E-state index < -0.39 is 23.4 Å². The highest BCUT2D eigenvalue weighted by atomic mass is 16.7. The van der Waals surface area contributed by atoms with Crippen LogP contribution in [0.2, 0.25) is 0 Å². The number of nitrogen functional groups attached to an aromatic ring is 1. The quantitative estimate of drug-likeness (QED) is 0.0454. The van der Waals surface area contributed by atoms with Gasteiger partial charge in [-0.2, -0.15) is 4.98 Å². The van der Waals surface area contributed by atoms with Crippen LogP contribution < -0.4 is 16.8 Å². The van der Waals surface area contributed by atoms with Crippen molar-refractivity contribution in [3.8, 4) is 0 Å². The van der Waals surface area contributed by atoms with Crippen LogP contribution in [0.5, 0.6) is 0 Å². The zero-order valence-corrected chi connectivity index (χ0v) is 22.0. The molecule has 3 aromatic rings. The summed E-state index contributed by atoms with van der Waals surface area (Å²) < 4.78 is 5.12. The average Bonchev–Trinajstić information content (AvgIpc) is 2.95. The number of aromatic amines is 1. The molecule has 0 saturated heterocycles. The Morgan fingerprint density at radius 1 is 1.15 bits per heavy atom. The molecule has 0 spiro atoms. The van der Waals surface area contributed by atoms with Crippen LogP contribution in [0.15, 0.2) is 40.4 Å². The number of fused-ring (bicyclic) bond motifs is 1. The lowest BCUT2D eigenvalue weighted by atomic mass is 9.93. The van der Waals surface area contributed by atoms with Crippen LogP contribution >= 0.6 is 0 Å². The van der Waals surface area contributed by atoms with Crippen molar-refractivity contribution in [2.75, 3.05) is 32.1 Å². The van der Waals surface area contributed by atoms with Gasteiger partial charge in [-0.15, -0.1) is 0 Å². The van der Waals surface area contributed by atoms with E-state index in [1.54, 1.807) is 24.3 Å². The molecule has 2 aromatic heterocycles. The number of amides is 1. The smallest absolute Gasteiger partial charge is 0.306 e. The highest BCUT2D eigenvalue weighted by molar-refractivity contribution is 5.98. The molecule has 2 heterocycles. The molecule has 0 aliphatic heterocycles. The Balaban J connectivity index is 1.43. The number of benzene rings is 1. The van der Waals surface area contributed by atoms with E-state index in [2.05, 4.69) is 35.4 Å². The Bertz CT molecular complexity index is 1470. The number of rotatable bonds is 17. The summed E-state index contributed by atoms with van der Waals surface area (Å²) in [5.41, 5.74) is 17.5. The molecule has 0 bridgehead atoms. The van der Waals surface area contributed by atoms with Gasteiger partial charge in [-0.3, -0.25) is 29.0 Å². The van der Waals surface area contributed by atoms with Crippen molar-refractivity contribution in [2.24, 2.45) is 11.0 Å². The second kappa shape index (κ2) is 15.6. The lowest BCUT2D eigenvalue weighted by molar-refractivity contribution is -0.142. The number of ether oxygens (including phenoxy) is 1. The number of aryl methyl sites for hydroxylation is 2. The van der Waals surface area contributed by atoms with Gasteiger partial charge < -0.3 is 15.6 Å². The fourth-order valence-electron chi connectivity index (χ4n) is 3.72. The summed E-state index contributed by atoms with van der Waals surface area (Å²) >= 11 is 0. The van der Waals surface area contributed by atoms with Crippen LogP contribution in [0, 0.1) is 5.92 Å². The topological polar surface area (TPSA) is 248 Å². The molecule has 16 heteroatoms. The van der Waals surface area contributed by atoms with E-state index in [4.69, 9.17) is 20.8 Å². The molecule has 1 amide bonds. The number of carboxylic acid groups (broad SMARTS) is 1. The number of carboxylic acids is 1. The molecule has 216 valence electrons. The van der Waals surface area contributed by atoms with Crippen LogP contribution in [0.3, 0.4) is 0 Å². The molecule has 1 aromatic carbocycles. The Hall–Kier alpha value is -4.92. The van der Waals surface area contributed by atoms with Gasteiger partial charge in [0.25, 0.3) is 5.56 Å². The van der Waals surface area contributed by atoms with Crippen LogP contribution in [0.4, 0.5) is 5.95 Å². The molecule has 3 rings (SSSR count). The van der Waals surface area contributed by atoms with Gasteiger partial charge in [0.1, 0.15) is 0 Å². The standard InChI is InChI=1S/C25H29N9O7/c26-25-31-22-21(23(37)32-25)30-18(14-28-22)7-3-15-1-4-16(5-2-15)19(35)13-17(24(38)39)6-8-20(36)33-41-12-11-40-10-9-29-34-27/h1-2,4-5,14,17H,3,6-13H2,(H,33,36)(H,38,39)(H3,26,28,31,32,37). The summed E-state index contributed by atoms with van der Waals surface area (Å²) in [6.07, 6.45) is 2.11. The molecule has 1 atom stereocenters. The molecule has 0 saturated carbocycles. The number of hydrogen-bond acceptors (Lipinski definition) is 11. The van der Waals surface area contributed by atoms with E-state index >= 15 is 0 Å². The number of ketones is 1. The number of azide groups is 1. The van der Waals surface area contributed by atoms with Gasteiger partial charge >= 0.3 is 5.97 Å². The average molecular weight is 568 g/mol. The molecule has 5 N–H and O–H groups in total. The normalized spacial score (nSPS) is 11.5. The SMILES string of the molecule is [N-]=[N+]=NCCOCCONC(=O)CCC(CC(=O)c1ccc(CCc2cnc3nc(N)[nH]c(=O)c3n2)cc1)C(=O)O. The van der Waals surface area contributed by atoms with Gasteiger partial charge in [-0.25, -0.2) is 15.4 Å². The Morgan fingerprint density at radius 2 is 1.93 bits per heavy atom. The van der Waals surface area contributed by atoms with Crippen LogP contribution in [-0.4, -0.2) is 69.1 Å². The highest BCUT2D eigenvalue weighted by Gasteiger charge is 2.23. The maximum Gasteiger partial charge on any atom is 0.306 e. The van der Waals surface area contributed by atoms with Gasteiger partial charge in [0.15, 0.2) is 16.9 Å². The minimum atomic E-state index is -1.18. The number of aromatic nitrogens is 4. The van der Waals surface area contributed by atoms with E-state index in [1.165, 1.54) is 6.20 Å². The maximum atomic E-state index is 12.7. The summed E-state index contributed by atoms with van der Waals surface area (Å²) in [6.45, 7) is 0.625. The van der Waals surface area contributed by atoms with Crippen molar-refractivity contribution < 1.29 is 29.1 Å². The number of Topliss-reactive ketones (excluding diaryl/α,β-unsaturated/α-hetero) is 1. The van der Waals surface area contributed by atoms with Crippen molar-refractivity contribution in [2.45, 2.75) is 32.1 Å². The molecule has 0 aliphatic carbocycles. The van der Waals surface area contributed by atoms with E-state index in [0.29, 0.717) is 24.1 Å². The first kappa shape index (κ1) is 30.6. The van der Waals surface area contributed by atoms with E-state index in [1.807, 2.05) is 0 Å². The Morgan fingerprint density at radius 3 is 2.66 bits per heavy atom. The predicted molar refractivity (Wildman–Crippen MR) is 144 cm³/mol. The van der Waals surface area contributed by atoms with E-state index in [-0.39, 0.29) is 68.5 Å². The summed E-state index contributed by atoms with van der Waals surface area (Å²) in [7, 11) is 0. The van der Waals surface area contributed by atoms with Crippen LogP contribution in [-0.2, 0) is 32.0 Å². The highest BCUT2D eigenvalue weighted by Crippen LogP contribution is 2.17. The molecular weight excluding hydrogens is 538 g/mol. The number of H-pyrrole nitrogens is 1. The third kappa shape index (κ3) is 9.96. The summed E-state index contributed by atoms with van der Waals surface area (Å²) in [5, 5.41) is 12.8. The van der Waals surface area contributed by atoms with Crippen molar-refractivity contribution in [1.82, 2.24) is 25.4 Å². The number of carbonyl (C=O) groups is 3. The van der Waals surface area contributed by atoms with E-state index in [9.17, 15) is 24.3 Å². The van der Waals surface area contributed by atoms with Crippen LogP contribution in [0.1, 0.15) is 40.9 Å². The summed E-state index contributed by atoms with van der Waals surface area (Å²) in [4.78, 5) is 70.7. The Labute approximate surface area is 232 Å². The number of nitrogens with zero attached hydrogens (tertiary/aromatic N) is 6. The molecule has 0 radical (unpaired) electrons. The van der Waals surface area contributed by atoms with Gasteiger partial charge in [0, 0.05) is 29.9 Å². The molecule has 0 fully saturated rings. The van der Waals surface area contributed by atoms with Crippen molar-refractivity contribution >= 4 is 34.8 Å². The van der Waals surface area contributed by atoms with Crippen LogP contribution in [0.25, 0.3) is 21.6 Å². The summed E-state index contributed by atoms with van der Waals surface area (Å²) in [6, 6.07) is 6.76. The monoisotopic (exact) mass is 567 g/mol. The zero-order chi connectivity index (χ0) is 29.6. The Kier molecular flexibility index (Phi) is 11.7. The van der Waals surface area contributed by atoms with Gasteiger partial charge in [-0.05, 0) is 30.4 Å². The first-order valence-electron chi connectivity index (χ1n) is 12.6. The van der Waals surface area contributed by atoms with E-state index in [0.717, 1.165) is 5.56 Å². The lowest BCUT2D eigenvalue weighted by Gasteiger charge is -2.12. The fraction of sp³-hybridized carbons (Fsp3) is 0.400. The zero-order valence-electron chi connectivity index (χ0n) is 22.0. The maximum absolute atomic E-state index is 12.7. The predicted octanol–water partition coefficient (Wildman–Crippen LogP) is 1.51. The number of nitrogens with two attached hydrogens (primary N) is 1. The third-order valence-corrected chi connectivity index (χ3v) is 5.85. The van der Waals surface area contributed by atoms with Crippen molar-refractivity contribution in [3.05, 3.63) is 68.1 Å². The molecule has 0 aliphatic rings. The number of carbonyl (C=O) groups excluding carboxylic acids is 2. The molecule has 41 heavy (non-hydrogen) atoms. The largest absolute Gasteiger partial charge is 0.481 e. The minimum Gasteiger partial charge on any atom is -0.481 e.